The number of hydrogen-bond donors (Lipinski definition) is 0. The van der Waals surface area contributed by atoms with Gasteiger partial charge in [0, 0.05) is 0 Å². The number of benzene rings is 2. The van der Waals surface area contributed by atoms with E-state index in [9.17, 15) is 5.26 Å². The van der Waals surface area contributed by atoms with Crippen LogP contribution in [0.5, 0.6) is 17.2 Å². The van der Waals surface area contributed by atoms with Crippen LogP contribution >= 0.6 is 0 Å². The topological polar surface area (TPSA) is 51.5 Å². The predicted octanol–water partition coefficient (Wildman–Crippen LogP) is 5.50. The molecule has 0 spiro atoms. The van der Waals surface area contributed by atoms with Gasteiger partial charge in [-0.15, -0.1) is 0 Å². The van der Waals surface area contributed by atoms with Gasteiger partial charge in [0.25, 0.3) is 0 Å². The summed E-state index contributed by atoms with van der Waals surface area (Å²) in [6, 6.07) is 10.5. The van der Waals surface area contributed by atoms with Crippen molar-refractivity contribution in [3.63, 3.8) is 0 Å². The predicted molar refractivity (Wildman–Crippen MR) is 104 cm³/mol. The molecule has 0 saturated heterocycles. The van der Waals surface area contributed by atoms with E-state index in [0.717, 1.165) is 27.8 Å². The van der Waals surface area contributed by atoms with E-state index in [1.165, 1.54) is 0 Å². The Morgan fingerprint density at radius 2 is 1.15 bits per heavy atom. The molecule has 0 bridgehead atoms. The van der Waals surface area contributed by atoms with Crippen LogP contribution < -0.4 is 14.2 Å². The Hall–Kier alpha value is -2.67. The lowest BCUT2D eigenvalue weighted by molar-refractivity contribution is 0.324. The highest BCUT2D eigenvalue weighted by Crippen LogP contribution is 2.42. The second-order valence-corrected chi connectivity index (χ2v) is 6.86. The number of rotatable bonds is 6. The van der Waals surface area contributed by atoms with Crippen LogP contribution in [0.25, 0.3) is 11.1 Å². The molecule has 0 aliphatic carbocycles. The van der Waals surface area contributed by atoms with Gasteiger partial charge in [-0.3, -0.25) is 0 Å². The highest BCUT2D eigenvalue weighted by atomic mass is 16.5. The molecule has 0 atom stereocenters. The Balaban J connectivity index is 2.78. The summed E-state index contributed by atoms with van der Waals surface area (Å²) in [4.78, 5) is 0. The standard InChI is InChI=1S/C22H27NO3/c1-13(2)17-8-15(9-18(14(3)4)19(17)12-23)16-10-20(24-5)22(26-7)21(11-16)25-6/h8-11,13-14H,1-7H3. The molecule has 2 aromatic rings. The van der Waals surface area contributed by atoms with Crippen molar-refractivity contribution in [3.05, 3.63) is 41.0 Å². The van der Waals surface area contributed by atoms with E-state index in [-0.39, 0.29) is 11.8 Å². The number of hydrogen-bond acceptors (Lipinski definition) is 4. The highest BCUT2D eigenvalue weighted by molar-refractivity contribution is 5.73. The van der Waals surface area contributed by atoms with E-state index in [1.54, 1.807) is 21.3 Å². The molecular weight excluding hydrogens is 326 g/mol. The third kappa shape index (κ3) is 3.62. The minimum Gasteiger partial charge on any atom is -0.493 e. The molecule has 0 amide bonds. The molecule has 26 heavy (non-hydrogen) atoms. The zero-order chi connectivity index (χ0) is 19.4. The summed E-state index contributed by atoms with van der Waals surface area (Å²) >= 11 is 0. The Labute approximate surface area is 156 Å². The quantitative estimate of drug-likeness (QED) is 0.688. The fraction of sp³-hybridized carbons (Fsp3) is 0.409. The van der Waals surface area contributed by atoms with E-state index < -0.39 is 0 Å². The van der Waals surface area contributed by atoms with E-state index in [0.29, 0.717) is 17.2 Å². The lowest BCUT2D eigenvalue weighted by Crippen LogP contribution is -2.02. The van der Waals surface area contributed by atoms with Crippen molar-refractivity contribution in [2.75, 3.05) is 21.3 Å². The monoisotopic (exact) mass is 353 g/mol. The fourth-order valence-electron chi connectivity index (χ4n) is 3.14. The lowest BCUT2D eigenvalue weighted by atomic mass is 9.86. The van der Waals surface area contributed by atoms with Crippen molar-refractivity contribution < 1.29 is 14.2 Å². The molecule has 0 N–H and O–H groups in total. The summed E-state index contributed by atoms with van der Waals surface area (Å²) < 4.78 is 16.4. The van der Waals surface area contributed by atoms with Gasteiger partial charge in [-0.05, 0) is 58.4 Å². The molecular formula is C22H27NO3. The van der Waals surface area contributed by atoms with Crippen LogP contribution in [-0.2, 0) is 0 Å². The van der Waals surface area contributed by atoms with Crippen molar-refractivity contribution >= 4 is 0 Å². The van der Waals surface area contributed by atoms with Gasteiger partial charge in [-0.2, -0.15) is 5.26 Å². The molecule has 2 rings (SSSR count). The van der Waals surface area contributed by atoms with Crippen molar-refractivity contribution in [1.29, 1.82) is 5.26 Å². The molecule has 4 heteroatoms. The van der Waals surface area contributed by atoms with E-state index in [1.807, 2.05) is 12.1 Å². The normalized spacial score (nSPS) is 10.8. The fourth-order valence-corrected chi connectivity index (χ4v) is 3.14. The molecule has 0 unspecified atom stereocenters. The summed E-state index contributed by atoms with van der Waals surface area (Å²) in [7, 11) is 4.81. The maximum absolute atomic E-state index is 9.68. The van der Waals surface area contributed by atoms with Gasteiger partial charge in [0.15, 0.2) is 11.5 Å². The van der Waals surface area contributed by atoms with Crippen molar-refractivity contribution in [1.82, 2.24) is 0 Å². The Bertz CT molecular complexity index is 778. The maximum Gasteiger partial charge on any atom is 0.203 e. The first-order chi connectivity index (χ1) is 12.4. The number of ether oxygens (including phenoxy) is 3. The number of nitrogens with zero attached hydrogens (tertiary/aromatic N) is 1. The van der Waals surface area contributed by atoms with E-state index in [2.05, 4.69) is 45.9 Å². The molecule has 0 saturated carbocycles. The molecule has 2 aromatic carbocycles. The molecule has 0 aliphatic rings. The van der Waals surface area contributed by atoms with Crippen LogP contribution in [0.4, 0.5) is 0 Å². The van der Waals surface area contributed by atoms with Gasteiger partial charge in [0.2, 0.25) is 5.75 Å². The summed E-state index contributed by atoms with van der Waals surface area (Å²) in [5, 5.41) is 9.68. The van der Waals surface area contributed by atoms with Crippen molar-refractivity contribution in [3.8, 4) is 34.4 Å². The first-order valence-electron chi connectivity index (χ1n) is 8.76. The average Bonchev–Trinajstić information content (AvgIpc) is 2.65. The van der Waals surface area contributed by atoms with Gasteiger partial charge in [0.05, 0.1) is 33.0 Å². The zero-order valence-corrected chi connectivity index (χ0v) is 16.6. The molecule has 4 nitrogen and oxygen atoms in total. The minimum absolute atomic E-state index is 0.254. The third-order valence-corrected chi connectivity index (χ3v) is 4.55. The second kappa shape index (κ2) is 8.14. The van der Waals surface area contributed by atoms with Gasteiger partial charge in [0.1, 0.15) is 0 Å². The van der Waals surface area contributed by atoms with E-state index in [4.69, 9.17) is 14.2 Å². The van der Waals surface area contributed by atoms with Crippen LogP contribution in [0.2, 0.25) is 0 Å². The third-order valence-electron chi connectivity index (χ3n) is 4.55. The summed E-state index contributed by atoms with van der Waals surface area (Å²) in [6.45, 7) is 8.44. The molecule has 0 heterocycles. The van der Waals surface area contributed by atoms with Gasteiger partial charge < -0.3 is 14.2 Å². The summed E-state index contributed by atoms with van der Waals surface area (Å²) in [5.74, 6) is 2.31. The van der Waals surface area contributed by atoms with Crippen molar-refractivity contribution in [2.45, 2.75) is 39.5 Å². The Kier molecular flexibility index (Phi) is 6.15. The first kappa shape index (κ1) is 19.7. The van der Waals surface area contributed by atoms with Crippen LogP contribution in [0.15, 0.2) is 24.3 Å². The summed E-state index contributed by atoms with van der Waals surface area (Å²) in [5.41, 5.74) is 4.90. The van der Waals surface area contributed by atoms with Crippen LogP contribution in [0, 0.1) is 11.3 Å². The van der Waals surface area contributed by atoms with Crippen molar-refractivity contribution in [2.24, 2.45) is 0 Å². The van der Waals surface area contributed by atoms with Gasteiger partial charge >= 0.3 is 0 Å². The number of methoxy groups -OCH3 is 3. The SMILES string of the molecule is COc1cc(-c2cc(C(C)C)c(C#N)c(C(C)C)c2)cc(OC)c1OC. The van der Waals surface area contributed by atoms with Crippen LogP contribution in [0.1, 0.15) is 56.2 Å². The largest absolute Gasteiger partial charge is 0.493 e. The molecule has 0 fully saturated rings. The maximum atomic E-state index is 9.68. The second-order valence-electron chi connectivity index (χ2n) is 6.86. The smallest absolute Gasteiger partial charge is 0.203 e. The first-order valence-corrected chi connectivity index (χ1v) is 8.76. The minimum atomic E-state index is 0.254. The van der Waals surface area contributed by atoms with Crippen LogP contribution in [-0.4, -0.2) is 21.3 Å². The Morgan fingerprint density at radius 1 is 0.731 bits per heavy atom. The highest BCUT2D eigenvalue weighted by Gasteiger charge is 2.19. The number of nitriles is 1. The van der Waals surface area contributed by atoms with Gasteiger partial charge in [-0.25, -0.2) is 0 Å². The molecule has 138 valence electrons. The zero-order valence-electron chi connectivity index (χ0n) is 16.6. The molecule has 0 aliphatic heterocycles. The average molecular weight is 353 g/mol. The van der Waals surface area contributed by atoms with E-state index >= 15 is 0 Å². The van der Waals surface area contributed by atoms with Gasteiger partial charge in [-0.1, -0.05) is 27.7 Å². The summed E-state index contributed by atoms with van der Waals surface area (Å²) in [6.07, 6.45) is 0. The lowest BCUT2D eigenvalue weighted by Gasteiger charge is -2.19. The van der Waals surface area contributed by atoms with Crippen LogP contribution in [0.3, 0.4) is 0 Å². The Morgan fingerprint density at radius 3 is 1.46 bits per heavy atom. The molecule has 0 aromatic heterocycles. The molecule has 0 radical (unpaired) electrons.